The summed E-state index contributed by atoms with van der Waals surface area (Å²) in [6.07, 6.45) is 0. The highest BCUT2D eigenvalue weighted by Crippen LogP contribution is 2.26. The molecule has 0 unspecified atom stereocenters. The summed E-state index contributed by atoms with van der Waals surface area (Å²) in [6.45, 7) is 3.23. The largest absolute Gasteiger partial charge is 0.480 e. The molecule has 0 amide bonds. The smallest absolute Gasteiger partial charge is 0.321 e. The maximum atomic E-state index is 12.0. The molecule has 0 fully saturated rings. The first-order valence-electron chi connectivity index (χ1n) is 5.79. The van der Waals surface area contributed by atoms with Crippen molar-refractivity contribution in [2.45, 2.75) is 25.6 Å². The van der Waals surface area contributed by atoms with Crippen LogP contribution in [0.15, 0.2) is 18.2 Å². The van der Waals surface area contributed by atoms with Crippen molar-refractivity contribution >= 4 is 39.2 Å². The monoisotopic (exact) mass is 339 g/mol. The fourth-order valence-electron chi connectivity index (χ4n) is 1.57. The van der Waals surface area contributed by atoms with Crippen molar-refractivity contribution in [3.8, 4) is 0 Å². The molecule has 2 N–H and O–H groups in total. The average Bonchev–Trinajstić information content (AvgIpc) is 2.30. The van der Waals surface area contributed by atoms with Gasteiger partial charge in [-0.15, -0.1) is 0 Å². The molecular formula is C12H15Cl2NO4S. The Hall–Kier alpha value is -0.820. The van der Waals surface area contributed by atoms with Crippen LogP contribution in [0, 0.1) is 5.92 Å². The normalized spacial score (nSPS) is 13.4. The highest BCUT2D eigenvalue weighted by Gasteiger charge is 2.27. The van der Waals surface area contributed by atoms with E-state index >= 15 is 0 Å². The van der Waals surface area contributed by atoms with Crippen molar-refractivity contribution < 1.29 is 18.3 Å². The Balaban J connectivity index is 2.98. The third kappa shape index (κ3) is 4.63. The zero-order chi connectivity index (χ0) is 15.5. The number of hydrogen-bond acceptors (Lipinski definition) is 3. The van der Waals surface area contributed by atoms with E-state index in [-0.39, 0.29) is 21.5 Å². The van der Waals surface area contributed by atoms with E-state index in [2.05, 4.69) is 4.72 Å². The van der Waals surface area contributed by atoms with Crippen LogP contribution in [0.3, 0.4) is 0 Å². The number of carbonyl (C=O) groups is 1. The van der Waals surface area contributed by atoms with Crippen LogP contribution >= 0.6 is 23.2 Å². The molecular weight excluding hydrogens is 325 g/mol. The van der Waals surface area contributed by atoms with E-state index in [0.717, 1.165) is 0 Å². The Morgan fingerprint density at radius 1 is 1.30 bits per heavy atom. The maximum absolute atomic E-state index is 12.0. The standard InChI is InChI=1S/C12H15Cl2NO4S/c1-7(2)11(12(16)17)15-20(18,19)6-8-9(13)4-3-5-10(8)14/h3-5,7,11,15H,6H2,1-2H3,(H,16,17)/t11-/m1/s1. The van der Waals surface area contributed by atoms with Crippen molar-refractivity contribution in [1.29, 1.82) is 0 Å². The number of aliphatic carboxylic acids is 1. The molecule has 0 radical (unpaired) electrons. The molecule has 1 aromatic rings. The van der Waals surface area contributed by atoms with Gasteiger partial charge in [-0.2, -0.15) is 0 Å². The van der Waals surface area contributed by atoms with Gasteiger partial charge >= 0.3 is 5.97 Å². The van der Waals surface area contributed by atoms with Gasteiger partial charge in [0.05, 0.1) is 5.75 Å². The van der Waals surface area contributed by atoms with Gasteiger partial charge in [0, 0.05) is 15.6 Å². The highest BCUT2D eigenvalue weighted by atomic mass is 35.5. The van der Waals surface area contributed by atoms with Crippen molar-refractivity contribution in [2.75, 3.05) is 0 Å². The predicted octanol–water partition coefficient (Wildman–Crippen LogP) is 2.52. The van der Waals surface area contributed by atoms with Crippen LogP contribution in [0.1, 0.15) is 19.4 Å². The van der Waals surface area contributed by atoms with E-state index in [4.69, 9.17) is 28.3 Å². The van der Waals surface area contributed by atoms with E-state index in [1.54, 1.807) is 19.9 Å². The first-order valence-corrected chi connectivity index (χ1v) is 8.20. The Morgan fingerprint density at radius 2 is 1.80 bits per heavy atom. The second-order valence-electron chi connectivity index (χ2n) is 4.64. The zero-order valence-electron chi connectivity index (χ0n) is 10.9. The van der Waals surface area contributed by atoms with Gasteiger partial charge in [-0.1, -0.05) is 43.1 Å². The average molecular weight is 340 g/mol. The number of halogens is 2. The molecule has 0 aromatic heterocycles. The van der Waals surface area contributed by atoms with Gasteiger partial charge in [-0.25, -0.2) is 13.1 Å². The highest BCUT2D eigenvalue weighted by molar-refractivity contribution is 7.88. The molecule has 0 aliphatic carbocycles. The molecule has 112 valence electrons. The maximum Gasteiger partial charge on any atom is 0.321 e. The topological polar surface area (TPSA) is 83.5 Å². The molecule has 0 bridgehead atoms. The predicted molar refractivity (Wildman–Crippen MR) is 78.5 cm³/mol. The van der Waals surface area contributed by atoms with Gasteiger partial charge in [0.1, 0.15) is 6.04 Å². The number of hydrogen-bond donors (Lipinski definition) is 2. The molecule has 20 heavy (non-hydrogen) atoms. The van der Waals surface area contributed by atoms with E-state index in [0.29, 0.717) is 0 Å². The molecule has 0 saturated carbocycles. The SMILES string of the molecule is CC(C)[C@@H](NS(=O)(=O)Cc1c(Cl)cccc1Cl)C(=O)O. The second-order valence-corrected chi connectivity index (χ2v) is 7.21. The van der Waals surface area contributed by atoms with Gasteiger partial charge in [0.15, 0.2) is 0 Å². The van der Waals surface area contributed by atoms with Crippen LogP contribution < -0.4 is 4.72 Å². The minimum Gasteiger partial charge on any atom is -0.480 e. The van der Waals surface area contributed by atoms with Crippen molar-refractivity contribution in [3.05, 3.63) is 33.8 Å². The van der Waals surface area contributed by atoms with Crippen LogP contribution in [-0.2, 0) is 20.6 Å². The van der Waals surface area contributed by atoms with Gasteiger partial charge < -0.3 is 5.11 Å². The summed E-state index contributed by atoms with van der Waals surface area (Å²) in [4.78, 5) is 11.0. The summed E-state index contributed by atoms with van der Waals surface area (Å²) >= 11 is 11.8. The number of benzene rings is 1. The van der Waals surface area contributed by atoms with E-state index in [9.17, 15) is 13.2 Å². The Bertz CT molecular complexity index is 581. The molecule has 0 aliphatic rings. The first kappa shape index (κ1) is 17.2. The van der Waals surface area contributed by atoms with E-state index < -0.39 is 27.8 Å². The fourth-order valence-corrected chi connectivity index (χ4v) is 3.79. The summed E-state index contributed by atoms with van der Waals surface area (Å²) in [7, 11) is -3.87. The molecule has 1 rings (SSSR count). The molecule has 0 heterocycles. The molecule has 1 atom stereocenters. The lowest BCUT2D eigenvalue weighted by Gasteiger charge is -2.18. The van der Waals surface area contributed by atoms with Gasteiger partial charge in [-0.3, -0.25) is 4.79 Å². The third-order valence-electron chi connectivity index (χ3n) is 2.64. The Morgan fingerprint density at radius 3 is 2.20 bits per heavy atom. The Kier molecular flexibility index (Phi) is 5.82. The lowest BCUT2D eigenvalue weighted by molar-refractivity contribution is -0.140. The van der Waals surface area contributed by atoms with Crippen molar-refractivity contribution in [2.24, 2.45) is 5.92 Å². The summed E-state index contributed by atoms with van der Waals surface area (Å²) in [5, 5.41) is 9.45. The van der Waals surface area contributed by atoms with E-state index in [1.165, 1.54) is 12.1 Å². The van der Waals surface area contributed by atoms with Gasteiger partial charge in [-0.05, 0) is 18.1 Å². The summed E-state index contributed by atoms with van der Waals surface area (Å²) in [6, 6.07) is 3.45. The summed E-state index contributed by atoms with van der Waals surface area (Å²) < 4.78 is 26.2. The number of carboxylic acids is 1. The number of sulfonamides is 1. The number of nitrogens with one attached hydrogen (secondary N) is 1. The van der Waals surface area contributed by atoms with Crippen molar-refractivity contribution in [1.82, 2.24) is 4.72 Å². The molecule has 1 aromatic carbocycles. The third-order valence-corrected chi connectivity index (χ3v) is 4.63. The minimum absolute atomic E-state index is 0.222. The Labute approximate surface area is 127 Å². The van der Waals surface area contributed by atoms with Crippen LogP contribution in [-0.4, -0.2) is 25.5 Å². The van der Waals surface area contributed by atoms with Gasteiger partial charge in [0.2, 0.25) is 10.0 Å². The molecule has 0 saturated heterocycles. The number of rotatable bonds is 6. The van der Waals surface area contributed by atoms with Crippen molar-refractivity contribution in [3.63, 3.8) is 0 Å². The minimum atomic E-state index is -3.87. The van der Waals surface area contributed by atoms with Crippen LogP contribution in [0.25, 0.3) is 0 Å². The molecule has 5 nitrogen and oxygen atoms in total. The van der Waals surface area contributed by atoms with Crippen LogP contribution in [0.2, 0.25) is 10.0 Å². The fraction of sp³-hybridized carbons (Fsp3) is 0.417. The quantitative estimate of drug-likeness (QED) is 0.834. The second kappa shape index (κ2) is 6.76. The number of carboxylic acid groups (broad SMARTS) is 1. The molecule has 0 spiro atoms. The summed E-state index contributed by atoms with van der Waals surface area (Å²) in [5.74, 6) is -2.08. The first-order chi connectivity index (χ1) is 9.14. The van der Waals surface area contributed by atoms with E-state index in [1.807, 2.05) is 0 Å². The molecule has 8 heteroatoms. The lowest BCUT2D eigenvalue weighted by atomic mass is 10.1. The lowest BCUT2D eigenvalue weighted by Crippen LogP contribution is -2.44. The molecule has 0 aliphatic heterocycles. The van der Waals surface area contributed by atoms with Crippen LogP contribution in [0.4, 0.5) is 0 Å². The summed E-state index contributed by atoms with van der Waals surface area (Å²) in [5.41, 5.74) is 0.247. The zero-order valence-corrected chi connectivity index (χ0v) is 13.3. The van der Waals surface area contributed by atoms with Crippen LogP contribution in [0.5, 0.6) is 0 Å². The van der Waals surface area contributed by atoms with Gasteiger partial charge in [0.25, 0.3) is 0 Å².